The van der Waals surface area contributed by atoms with E-state index >= 15 is 0 Å². The Labute approximate surface area is 158 Å². The topological polar surface area (TPSA) is 85.4 Å². The molecule has 1 aromatic rings. The molecule has 2 amide bonds. The first-order chi connectivity index (χ1) is 13.0. The highest BCUT2D eigenvalue weighted by Gasteiger charge is 2.50. The third-order valence-corrected chi connectivity index (χ3v) is 3.82. The number of nitrogens with zero attached hydrogens (tertiary/aromatic N) is 2. The van der Waals surface area contributed by atoms with Gasteiger partial charge in [-0.1, -0.05) is 30.3 Å². The molecule has 0 aromatic heterocycles. The second kappa shape index (κ2) is 9.61. The summed E-state index contributed by atoms with van der Waals surface area (Å²) in [5.74, 6) is -0.594. The number of benzene rings is 1. The molecule has 1 aliphatic heterocycles. The van der Waals surface area contributed by atoms with Crippen LogP contribution in [0, 0.1) is 0 Å². The van der Waals surface area contributed by atoms with Gasteiger partial charge in [0.25, 0.3) is 0 Å². The number of hydrogen-bond acceptors (Lipinski definition) is 6. The van der Waals surface area contributed by atoms with Crippen LogP contribution in [-0.2, 0) is 25.4 Å². The lowest BCUT2D eigenvalue weighted by Gasteiger charge is -2.50. The quantitative estimate of drug-likeness (QED) is 0.431. The molecular formula is C19H24N2O6. The molecule has 0 radical (unpaired) electrons. The Bertz CT molecular complexity index is 703. The predicted octanol–water partition coefficient (Wildman–Crippen LogP) is 2.89. The third-order valence-electron chi connectivity index (χ3n) is 3.82. The second-order valence-corrected chi connectivity index (χ2v) is 5.58. The number of ether oxygens (including phenoxy) is 3. The number of carbonyl (C=O) groups excluding carboxylic acids is 3. The van der Waals surface area contributed by atoms with Crippen molar-refractivity contribution in [2.24, 2.45) is 0 Å². The Morgan fingerprint density at radius 3 is 2.11 bits per heavy atom. The molecule has 0 saturated carbocycles. The minimum absolute atomic E-state index is 0.127. The summed E-state index contributed by atoms with van der Waals surface area (Å²) in [5.41, 5.74) is 1.26. The van der Waals surface area contributed by atoms with Gasteiger partial charge in [0.15, 0.2) is 0 Å². The van der Waals surface area contributed by atoms with E-state index in [-0.39, 0.29) is 19.8 Å². The summed E-state index contributed by atoms with van der Waals surface area (Å²) < 4.78 is 15.0. The van der Waals surface area contributed by atoms with Gasteiger partial charge >= 0.3 is 18.2 Å². The van der Waals surface area contributed by atoms with Gasteiger partial charge < -0.3 is 14.2 Å². The number of carbonyl (C=O) groups is 3. The van der Waals surface area contributed by atoms with Crippen molar-refractivity contribution >= 4 is 18.2 Å². The van der Waals surface area contributed by atoms with E-state index in [4.69, 9.17) is 14.2 Å². The zero-order valence-electron chi connectivity index (χ0n) is 15.7. The van der Waals surface area contributed by atoms with Crippen molar-refractivity contribution in [1.29, 1.82) is 0 Å². The van der Waals surface area contributed by atoms with Crippen molar-refractivity contribution < 1.29 is 28.6 Å². The Hall–Kier alpha value is -3.03. The highest BCUT2D eigenvalue weighted by Crippen LogP contribution is 2.34. The van der Waals surface area contributed by atoms with Crippen LogP contribution < -0.4 is 0 Å². The molecule has 1 aromatic carbocycles. The molecule has 1 atom stereocenters. The standard InChI is InChI=1S/C19H24N2O6/c1-4-25-17(22)13-16-15(12-14-10-8-7-9-11-14)20(18(23)26-5-2)21(16)19(24)27-6-3/h7-11,13,15H,4-6,12H2,1-3H3/b16-13-. The number of hydrazine groups is 1. The van der Waals surface area contributed by atoms with E-state index in [0.29, 0.717) is 12.1 Å². The fourth-order valence-electron chi connectivity index (χ4n) is 2.74. The average molecular weight is 376 g/mol. The van der Waals surface area contributed by atoms with Crippen LogP contribution in [0.3, 0.4) is 0 Å². The maximum absolute atomic E-state index is 12.4. The lowest BCUT2D eigenvalue weighted by Crippen LogP contribution is -2.67. The fourth-order valence-corrected chi connectivity index (χ4v) is 2.74. The molecule has 1 saturated heterocycles. The second-order valence-electron chi connectivity index (χ2n) is 5.58. The highest BCUT2D eigenvalue weighted by molar-refractivity contribution is 5.87. The molecule has 1 fully saturated rings. The number of hydrogen-bond donors (Lipinski definition) is 0. The zero-order chi connectivity index (χ0) is 19.8. The Kier molecular flexibility index (Phi) is 7.22. The van der Waals surface area contributed by atoms with Crippen molar-refractivity contribution in [3.05, 3.63) is 47.7 Å². The van der Waals surface area contributed by atoms with Crippen LogP contribution in [0.15, 0.2) is 42.1 Å². The summed E-state index contributed by atoms with van der Waals surface area (Å²) in [6, 6.07) is 8.88. The summed E-state index contributed by atoms with van der Waals surface area (Å²) in [5, 5.41) is 2.19. The lowest BCUT2D eigenvalue weighted by atomic mass is 9.98. The molecule has 1 heterocycles. The molecule has 0 N–H and O–H groups in total. The molecule has 0 spiro atoms. The first-order valence-corrected chi connectivity index (χ1v) is 8.88. The molecule has 27 heavy (non-hydrogen) atoms. The van der Waals surface area contributed by atoms with E-state index in [1.165, 1.54) is 11.1 Å². The SMILES string of the molecule is CCOC(=O)/C=C1/C(Cc2ccccc2)N(C(=O)OCC)N1C(=O)OCC. The van der Waals surface area contributed by atoms with Crippen LogP contribution in [0.4, 0.5) is 9.59 Å². The normalized spacial score (nSPS) is 17.3. The van der Waals surface area contributed by atoms with Crippen molar-refractivity contribution in [1.82, 2.24) is 10.0 Å². The van der Waals surface area contributed by atoms with Crippen LogP contribution in [-0.4, -0.2) is 54.0 Å². The van der Waals surface area contributed by atoms with Crippen LogP contribution in [0.2, 0.25) is 0 Å². The summed E-state index contributed by atoms with van der Waals surface area (Å²) in [4.78, 5) is 36.7. The van der Waals surface area contributed by atoms with Gasteiger partial charge in [-0.15, -0.1) is 0 Å². The number of amides is 2. The molecule has 1 unspecified atom stereocenters. The van der Waals surface area contributed by atoms with E-state index < -0.39 is 24.2 Å². The van der Waals surface area contributed by atoms with Gasteiger partial charge in [-0.25, -0.2) is 14.4 Å². The van der Waals surface area contributed by atoms with Gasteiger partial charge in [0.05, 0.1) is 25.5 Å². The predicted molar refractivity (Wildman–Crippen MR) is 96.4 cm³/mol. The lowest BCUT2D eigenvalue weighted by molar-refractivity contribution is -0.138. The Morgan fingerprint density at radius 2 is 1.52 bits per heavy atom. The van der Waals surface area contributed by atoms with Crippen molar-refractivity contribution in [3.63, 3.8) is 0 Å². The van der Waals surface area contributed by atoms with Gasteiger partial charge in [0.2, 0.25) is 0 Å². The summed E-state index contributed by atoms with van der Waals surface area (Å²) >= 11 is 0. The average Bonchev–Trinajstić information content (AvgIpc) is 2.64. The van der Waals surface area contributed by atoms with Gasteiger partial charge in [0, 0.05) is 12.5 Å². The Morgan fingerprint density at radius 1 is 0.926 bits per heavy atom. The first kappa shape index (κ1) is 20.3. The van der Waals surface area contributed by atoms with Gasteiger partial charge in [-0.05, 0) is 26.3 Å². The van der Waals surface area contributed by atoms with E-state index in [2.05, 4.69) is 0 Å². The van der Waals surface area contributed by atoms with E-state index in [9.17, 15) is 14.4 Å². The van der Waals surface area contributed by atoms with E-state index in [1.807, 2.05) is 30.3 Å². The minimum Gasteiger partial charge on any atom is -0.463 e. The zero-order valence-corrected chi connectivity index (χ0v) is 15.7. The summed E-state index contributed by atoms with van der Waals surface area (Å²) in [6.07, 6.45) is 0.169. The molecule has 8 nitrogen and oxygen atoms in total. The number of rotatable bonds is 6. The maximum atomic E-state index is 12.4. The van der Waals surface area contributed by atoms with Crippen LogP contribution in [0.1, 0.15) is 26.3 Å². The number of esters is 1. The van der Waals surface area contributed by atoms with Gasteiger partial charge in [0.1, 0.15) is 6.04 Å². The van der Waals surface area contributed by atoms with Crippen LogP contribution >= 0.6 is 0 Å². The Balaban J connectivity index is 2.37. The molecule has 1 aliphatic rings. The third kappa shape index (κ3) is 4.78. The maximum Gasteiger partial charge on any atom is 0.433 e. The minimum atomic E-state index is -0.759. The highest BCUT2D eigenvalue weighted by atomic mass is 16.6. The largest absolute Gasteiger partial charge is 0.463 e. The molecule has 2 rings (SSSR count). The smallest absolute Gasteiger partial charge is 0.433 e. The van der Waals surface area contributed by atoms with Crippen molar-refractivity contribution in [2.75, 3.05) is 19.8 Å². The van der Waals surface area contributed by atoms with Crippen LogP contribution in [0.25, 0.3) is 0 Å². The molecule has 8 heteroatoms. The molecule has 0 bridgehead atoms. The van der Waals surface area contributed by atoms with Crippen LogP contribution in [0.5, 0.6) is 0 Å². The molecular weight excluding hydrogens is 352 g/mol. The first-order valence-electron chi connectivity index (χ1n) is 8.88. The monoisotopic (exact) mass is 376 g/mol. The molecule has 146 valence electrons. The van der Waals surface area contributed by atoms with Gasteiger partial charge in [-0.2, -0.15) is 10.0 Å². The van der Waals surface area contributed by atoms with E-state index in [0.717, 1.165) is 10.6 Å². The van der Waals surface area contributed by atoms with E-state index in [1.54, 1.807) is 20.8 Å². The summed E-state index contributed by atoms with van der Waals surface area (Å²) in [6.45, 7) is 5.50. The molecule has 0 aliphatic carbocycles. The van der Waals surface area contributed by atoms with Gasteiger partial charge in [-0.3, -0.25) is 0 Å². The fraction of sp³-hybridized carbons (Fsp3) is 0.421. The summed E-state index contributed by atoms with van der Waals surface area (Å²) in [7, 11) is 0. The van der Waals surface area contributed by atoms with Crippen molar-refractivity contribution in [2.45, 2.75) is 33.2 Å². The van der Waals surface area contributed by atoms with Crippen molar-refractivity contribution in [3.8, 4) is 0 Å².